The summed E-state index contributed by atoms with van der Waals surface area (Å²) in [5.41, 5.74) is 4.22. The van der Waals surface area contributed by atoms with E-state index in [0.717, 1.165) is 27.7 Å². The number of hydrogen-bond acceptors (Lipinski definition) is 2. The molecule has 1 amide bonds. The SMILES string of the molecule is Cc1ccc2[nH]nc(C(=O)Nc3ccccc3C)c2c1. The minimum atomic E-state index is -0.198. The number of rotatable bonds is 2. The standard InChI is InChI=1S/C16H15N3O/c1-10-7-8-14-12(9-10)15(19-18-14)16(20)17-13-6-4-3-5-11(13)2/h3-9H,1-2H3,(H,17,20)(H,18,19). The van der Waals surface area contributed by atoms with Crippen molar-refractivity contribution in [3.05, 3.63) is 59.3 Å². The molecule has 0 aliphatic heterocycles. The highest BCUT2D eigenvalue weighted by Gasteiger charge is 2.14. The predicted octanol–water partition coefficient (Wildman–Crippen LogP) is 3.43. The number of nitrogens with zero attached hydrogens (tertiary/aromatic N) is 1. The zero-order chi connectivity index (χ0) is 14.1. The second-order valence-electron chi connectivity index (χ2n) is 4.89. The smallest absolute Gasteiger partial charge is 0.276 e. The first-order chi connectivity index (χ1) is 9.65. The molecule has 0 saturated heterocycles. The lowest BCUT2D eigenvalue weighted by Gasteiger charge is -2.06. The molecule has 2 aromatic carbocycles. The first kappa shape index (κ1) is 12.4. The molecule has 1 heterocycles. The van der Waals surface area contributed by atoms with Gasteiger partial charge >= 0.3 is 0 Å². The van der Waals surface area contributed by atoms with Gasteiger partial charge in [0.2, 0.25) is 0 Å². The zero-order valence-electron chi connectivity index (χ0n) is 11.4. The zero-order valence-corrected chi connectivity index (χ0v) is 11.4. The summed E-state index contributed by atoms with van der Waals surface area (Å²) in [4.78, 5) is 12.4. The molecule has 0 bridgehead atoms. The normalized spacial score (nSPS) is 10.7. The number of aromatic nitrogens is 2. The summed E-state index contributed by atoms with van der Waals surface area (Å²) in [6.45, 7) is 3.96. The van der Waals surface area contributed by atoms with Gasteiger partial charge in [-0.15, -0.1) is 0 Å². The Balaban J connectivity index is 1.97. The van der Waals surface area contributed by atoms with Gasteiger partial charge in [0.05, 0.1) is 5.52 Å². The Hall–Kier alpha value is -2.62. The van der Waals surface area contributed by atoms with Crippen LogP contribution in [-0.2, 0) is 0 Å². The molecule has 0 radical (unpaired) electrons. The van der Waals surface area contributed by atoms with Crippen molar-refractivity contribution < 1.29 is 4.79 Å². The van der Waals surface area contributed by atoms with Gasteiger partial charge in [0.1, 0.15) is 0 Å². The number of aryl methyl sites for hydroxylation is 2. The monoisotopic (exact) mass is 265 g/mol. The fourth-order valence-corrected chi connectivity index (χ4v) is 2.20. The van der Waals surface area contributed by atoms with Crippen LogP contribution in [0.2, 0.25) is 0 Å². The highest BCUT2D eigenvalue weighted by Crippen LogP contribution is 2.20. The van der Waals surface area contributed by atoms with Crippen molar-refractivity contribution in [3.63, 3.8) is 0 Å². The van der Waals surface area contributed by atoms with Crippen LogP contribution in [0.15, 0.2) is 42.5 Å². The molecule has 2 N–H and O–H groups in total. The van der Waals surface area contributed by atoms with Gasteiger partial charge in [0, 0.05) is 11.1 Å². The number of nitrogens with one attached hydrogen (secondary N) is 2. The van der Waals surface area contributed by atoms with Crippen LogP contribution in [0.1, 0.15) is 21.6 Å². The highest BCUT2D eigenvalue weighted by atomic mass is 16.1. The number of H-pyrrole nitrogens is 1. The molecule has 0 fully saturated rings. The molecule has 3 aromatic rings. The number of carbonyl (C=O) groups excluding carboxylic acids is 1. The van der Waals surface area contributed by atoms with E-state index in [1.54, 1.807) is 0 Å². The van der Waals surface area contributed by atoms with E-state index in [1.165, 1.54) is 0 Å². The molecule has 20 heavy (non-hydrogen) atoms. The van der Waals surface area contributed by atoms with Crippen LogP contribution in [0, 0.1) is 13.8 Å². The van der Waals surface area contributed by atoms with Crippen molar-refractivity contribution in [2.24, 2.45) is 0 Å². The van der Waals surface area contributed by atoms with Gasteiger partial charge in [0.15, 0.2) is 5.69 Å². The third-order valence-electron chi connectivity index (χ3n) is 3.33. The first-order valence-corrected chi connectivity index (χ1v) is 6.47. The molecule has 0 spiro atoms. The Bertz CT molecular complexity index is 789. The van der Waals surface area contributed by atoms with E-state index >= 15 is 0 Å². The maximum atomic E-state index is 12.4. The molecular formula is C16H15N3O. The third-order valence-corrected chi connectivity index (χ3v) is 3.33. The number of benzene rings is 2. The summed E-state index contributed by atoms with van der Waals surface area (Å²) in [7, 11) is 0. The van der Waals surface area contributed by atoms with Gasteiger partial charge in [-0.05, 0) is 37.6 Å². The fraction of sp³-hybridized carbons (Fsp3) is 0.125. The van der Waals surface area contributed by atoms with Crippen LogP contribution < -0.4 is 5.32 Å². The van der Waals surface area contributed by atoms with E-state index in [0.29, 0.717) is 5.69 Å². The Morgan fingerprint density at radius 1 is 1.15 bits per heavy atom. The number of aromatic amines is 1. The van der Waals surface area contributed by atoms with Crippen LogP contribution >= 0.6 is 0 Å². The van der Waals surface area contributed by atoms with Crippen LogP contribution in [0.5, 0.6) is 0 Å². The third kappa shape index (κ3) is 2.16. The van der Waals surface area contributed by atoms with Crippen molar-refractivity contribution in [3.8, 4) is 0 Å². The molecule has 0 atom stereocenters. The van der Waals surface area contributed by atoms with Crippen molar-refractivity contribution in [2.75, 3.05) is 5.32 Å². The van der Waals surface area contributed by atoms with E-state index in [-0.39, 0.29) is 5.91 Å². The topological polar surface area (TPSA) is 57.8 Å². The molecule has 0 unspecified atom stereocenters. The van der Waals surface area contributed by atoms with Gasteiger partial charge in [-0.3, -0.25) is 9.89 Å². The number of fused-ring (bicyclic) bond motifs is 1. The van der Waals surface area contributed by atoms with Crippen LogP contribution in [-0.4, -0.2) is 16.1 Å². The second-order valence-corrected chi connectivity index (χ2v) is 4.89. The maximum Gasteiger partial charge on any atom is 0.276 e. The Morgan fingerprint density at radius 3 is 2.75 bits per heavy atom. The van der Waals surface area contributed by atoms with Crippen molar-refractivity contribution in [1.29, 1.82) is 0 Å². The predicted molar refractivity (Wildman–Crippen MR) is 80.0 cm³/mol. The molecule has 1 aromatic heterocycles. The lowest BCUT2D eigenvalue weighted by Crippen LogP contribution is -2.13. The first-order valence-electron chi connectivity index (χ1n) is 6.47. The van der Waals surface area contributed by atoms with Crippen LogP contribution in [0.25, 0.3) is 10.9 Å². The molecule has 4 heteroatoms. The number of carbonyl (C=O) groups is 1. The maximum absolute atomic E-state index is 12.4. The minimum Gasteiger partial charge on any atom is -0.320 e. The molecular weight excluding hydrogens is 250 g/mol. The molecule has 100 valence electrons. The lowest BCUT2D eigenvalue weighted by molar-refractivity contribution is 0.102. The van der Waals surface area contributed by atoms with Crippen molar-refractivity contribution >= 4 is 22.5 Å². The fourth-order valence-electron chi connectivity index (χ4n) is 2.20. The molecule has 3 rings (SSSR count). The molecule has 0 saturated carbocycles. The molecule has 0 aliphatic carbocycles. The second kappa shape index (κ2) is 4.81. The minimum absolute atomic E-state index is 0.198. The van der Waals surface area contributed by atoms with Gasteiger partial charge in [-0.2, -0.15) is 5.10 Å². The van der Waals surface area contributed by atoms with Gasteiger partial charge in [-0.25, -0.2) is 0 Å². The van der Waals surface area contributed by atoms with Crippen LogP contribution in [0.4, 0.5) is 5.69 Å². The summed E-state index contributed by atoms with van der Waals surface area (Å²) < 4.78 is 0. The number of anilines is 1. The van der Waals surface area contributed by atoms with E-state index in [9.17, 15) is 4.79 Å². The van der Waals surface area contributed by atoms with E-state index < -0.39 is 0 Å². The lowest BCUT2D eigenvalue weighted by atomic mass is 10.1. The number of amides is 1. The van der Waals surface area contributed by atoms with Crippen molar-refractivity contribution in [1.82, 2.24) is 10.2 Å². The molecule has 0 aliphatic rings. The highest BCUT2D eigenvalue weighted by molar-refractivity contribution is 6.11. The summed E-state index contributed by atoms with van der Waals surface area (Å²) >= 11 is 0. The van der Waals surface area contributed by atoms with E-state index in [4.69, 9.17) is 0 Å². The Morgan fingerprint density at radius 2 is 1.95 bits per heavy atom. The Labute approximate surface area is 116 Å². The number of para-hydroxylation sites is 1. The molecule has 4 nitrogen and oxygen atoms in total. The summed E-state index contributed by atoms with van der Waals surface area (Å²) in [6.07, 6.45) is 0. The summed E-state index contributed by atoms with van der Waals surface area (Å²) in [6, 6.07) is 13.6. The van der Waals surface area contributed by atoms with Gasteiger partial charge in [0.25, 0.3) is 5.91 Å². The largest absolute Gasteiger partial charge is 0.320 e. The summed E-state index contributed by atoms with van der Waals surface area (Å²) in [5, 5.41) is 10.8. The van der Waals surface area contributed by atoms with Crippen LogP contribution in [0.3, 0.4) is 0 Å². The summed E-state index contributed by atoms with van der Waals surface area (Å²) in [5.74, 6) is -0.198. The van der Waals surface area contributed by atoms with E-state index in [1.807, 2.05) is 56.3 Å². The van der Waals surface area contributed by atoms with Gasteiger partial charge in [-0.1, -0.05) is 29.8 Å². The van der Waals surface area contributed by atoms with Gasteiger partial charge < -0.3 is 5.32 Å². The van der Waals surface area contributed by atoms with Crippen molar-refractivity contribution in [2.45, 2.75) is 13.8 Å². The average molecular weight is 265 g/mol. The number of hydrogen-bond donors (Lipinski definition) is 2. The van der Waals surface area contributed by atoms with E-state index in [2.05, 4.69) is 15.5 Å². The average Bonchev–Trinajstić information content (AvgIpc) is 2.84. The Kier molecular flexibility index (Phi) is 2.99. The quantitative estimate of drug-likeness (QED) is 0.745.